The van der Waals surface area contributed by atoms with Gasteiger partial charge in [-0.1, -0.05) is 5.16 Å². The highest BCUT2D eigenvalue weighted by molar-refractivity contribution is 5.79. The van der Waals surface area contributed by atoms with E-state index in [9.17, 15) is 4.79 Å². The summed E-state index contributed by atoms with van der Waals surface area (Å²) in [4.78, 5) is 16.1. The van der Waals surface area contributed by atoms with Crippen molar-refractivity contribution in [2.24, 2.45) is 0 Å². The predicted octanol–water partition coefficient (Wildman–Crippen LogP) is 1.81. The molecule has 0 aliphatic rings. The fraction of sp³-hybridized carbons (Fsp3) is 0.333. The molecule has 0 aliphatic carbocycles. The Hall–Kier alpha value is -2.70. The van der Waals surface area contributed by atoms with Gasteiger partial charge in [-0.3, -0.25) is 9.89 Å². The Labute approximate surface area is 127 Å². The van der Waals surface area contributed by atoms with Crippen molar-refractivity contribution in [2.45, 2.75) is 33.2 Å². The van der Waals surface area contributed by atoms with E-state index in [0.29, 0.717) is 25.0 Å². The van der Waals surface area contributed by atoms with Crippen LogP contribution < -0.4 is 5.32 Å². The maximum absolute atomic E-state index is 12.0. The SMILES string of the molecule is Cc1noc(C)c1CCC(=O)NCc1[nH]nc2ncccc12. The molecule has 7 nitrogen and oxygen atoms in total. The molecule has 0 saturated heterocycles. The van der Waals surface area contributed by atoms with E-state index in [1.807, 2.05) is 26.0 Å². The van der Waals surface area contributed by atoms with Gasteiger partial charge in [0, 0.05) is 23.6 Å². The molecule has 0 fully saturated rings. The van der Waals surface area contributed by atoms with Crippen LogP contribution in [0.4, 0.5) is 0 Å². The first-order chi connectivity index (χ1) is 10.6. The van der Waals surface area contributed by atoms with Gasteiger partial charge in [0.05, 0.1) is 17.9 Å². The molecule has 0 atom stereocenters. The molecule has 22 heavy (non-hydrogen) atoms. The van der Waals surface area contributed by atoms with E-state index in [4.69, 9.17) is 4.52 Å². The number of aryl methyl sites for hydroxylation is 2. The number of hydrogen-bond acceptors (Lipinski definition) is 5. The summed E-state index contributed by atoms with van der Waals surface area (Å²) in [7, 11) is 0. The van der Waals surface area contributed by atoms with E-state index in [1.54, 1.807) is 6.20 Å². The van der Waals surface area contributed by atoms with Gasteiger partial charge in [-0.25, -0.2) is 4.98 Å². The van der Waals surface area contributed by atoms with Gasteiger partial charge in [0.25, 0.3) is 0 Å². The lowest BCUT2D eigenvalue weighted by atomic mass is 10.1. The lowest BCUT2D eigenvalue weighted by Crippen LogP contribution is -2.23. The number of fused-ring (bicyclic) bond motifs is 1. The molecule has 2 N–H and O–H groups in total. The number of carbonyl (C=O) groups excluding carboxylic acids is 1. The lowest BCUT2D eigenvalue weighted by Gasteiger charge is -2.04. The van der Waals surface area contributed by atoms with Crippen LogP contribution in [0.1, 0.15) is 29.1 Å². The average molecular weight is 299 g/mol. The van der Waals surface area contributed by atoms with Crippen LogP contribution in [0.5, 0.6) is 0 Å². The summed E-state index contributed by atoms with van der Waals surface area (Å²) in [5, 5.41) is 14.7. The van der Waals surface area contributed by atoms with E-state index >= 15 is 0 Å². The molecule has 3 aromatic rings. The molecule has 114 valence electrons. The summed E-state index contributed by atoms with van der Waals surface area (Å²) < 4.78 is 5.09. The van der Waals surface area contributed by atoms with Gasteiger partial charge in [0.15, 0.2) is 5.65 Å². The first kappa shape index (κ1) is 14.2. The highest BCUT2D eigenvalue weighted by Gasteiger charge is 2.12. The molecule has 3 rings (SSSR count). The van der Waals surface area contributed by atoms with E-state index in [2.05, 4.69) is 25.7 Å². The van der Waals surface area contributed by atoms with Crippen LogP contribution in [0.2, 0.25) is 0 Å². The van der Waals surface area contributed by atoms with Crippen LogP contribution in [0.3, 0.4) is 0 Å². The van der Waals surface area contributed by atoms with Crippen molar-refractivity contribution in [2.75, 3.05) is 0 Å². The zero-order valence-electron chi connectivity index (χ0n) is 12.5. The number of nitrogens with zero attached hydrogens (tertiary/aromatic N) is 3. The van der Waals surface area contributed by atoms with Gasteiger partial charge in [-0.15, -0.1) is 0 Å². The summed E-state index contributed by atoms with van der Waals surface area (Å²) in [6.07, 6.45) is 2.71. The van der Waals surface area contributed by atoms with E-state index in [0.717, 1.165) is 28.1 Å². The Morgan fingerprint density at radius 3 is 3.05 bits per heavy atom. The monoisotopic (exact) mass is 299 g/mol. The quantitative estimate of drug-likeness (QED) is 0.749. The van der Waals surface area contributed by atoms with Crippen molar-refractivity contribution < 1.29 is 9.32 Å². The zero-order chi connectivity index (χ0) is 15.5. The van der Waals surface area contributed by atoms with Crippen LogP contribution in [0.25, 0.3) is 11.0 Å². The van der Waals surface area contributed by atoms with Gasteiger partial charge < -0.3 is 9.84 Å². The van der Waals surface area contributed by atoms with Crippen molar-refractivity contribution in [3.05, 3.63) is 41.0 Å². The minimum Gasteiger partial charge on any atom is -0.361 e. The number of aromatic nitrogens is 4. The Balaban J connectivity index is 1.56. The summed E-state index contributed by atoms with van der Waals surface area (Å²) in [5.41, 5.74) is 3.36. The second-order valence-electron chi connectivity index (χ2n) is 5.16. The van der Waals surface area contributed by atoms with Crippen molar-refractivity contribution in [3.63, 3.8) is 0 Å². The third-order valence-electron chi connectivity index (χ3n) is 3.65. The van der Waals surface area contributed by atoms with Gasteiger partial charge in [0.2, 0.25) is 5.91 Å². The molecule has 0 saturated carbocycles. The van der Waals surface area contributed by atoms with Gasteiger partial charge in [-0.2, -0.15) is 5.10 Å². The third-order valence-corrected chi connectivity index (χ3v) is 3.65. The van der Waals surface area contributed by atoms with E-state index in [1.165, 1.54) is 0 Å². The van der Waals surface area contributed by atoms with Crippen LogP contribution >= 0.6 is 0 Å². The molecule has 0 unspecified atom stereocenters. The van der Waals surface area contributed by atoms with Gasteiger partial charge >= 0.3 is 0 Å². The molecule has 0 aliphatic heterocycles. The Morgan fingerprint density at radius 1 is 1.41 bits per heavy atom. The number of amides is 1. The number of nitrogens with one attached hydrogen (secondary N) is 2. The third kappa shape index (κ3) is 2.83. The van der Waals surface area contributed by atoms with Crippen molar-refractivity contribution in [3.8, 4) is 0 Å². The fourth-order valence-electron chi connectivity index (χ4n) is 2.41. The molecule has 3 aromatic heterocycles. The molecule has 7 heteroatoms. The molecule has 0 aromatic carbocycles. The number of hydrogen-bond donors (Lipinski definition) is 2. The summed E-state index contributed by atoms with van der Waals surface area (Å²) in [5.74, 6) is 0.752. The first-order valence-corrected chi connectivity index (χ1v) is 7.11. The largest absolute Gasteiger partial charge is 0.361 e. The molecular formula is C15H17N5O2. The number of rotatable bonds is 5. The molecule has 0 spiro atoms. The lowest BCUT2D eigenvalue weighted by molar-refractivity contribution is -0.121. The van der Waals surface area contributed by atoms with Crippen LogP contribution in [0, 0.1) is 13.8 Å². The van der Waals surface area contributed by atoms with Crippen molar-refractivity contribution in [1.82, 2.24) is 25.7 Å². The summed E-state index contributed by atoms with van der Waals surface area (Å²) in [6.45, 7) is 4.15. The second-order valence-corrected chi connectivity index (χ2v) is 5.16. The van der Waals surface area contributed by atoms with Crippen LogP contribution in [-0.4, -0.2) is 26.2 Å². The molecule has 1 amide bonds. The average Bonchev–Trinajstić information content (AvgIpc) is 3.07. The normalized spacial score (nSPS) is 11.0. The molecule has 0 radical (unpaired) electrons. The highest BCUT2D eigenvalue weighted by Crippen LogP contribution is 2.15. The van der Waals surface area contributed by atoms with E-state index in [-0.39, 0.29) is 5.91 Å². The van der Waals surface area contributed by atoms with Gasteiger partial charge in [0.1, 0.15) is 5.76 Å². The standard InChI is InChI=1S/C15H17N5O2/c1-9-11(10(2)22-20-9)5-6-14(21)17-8-13-12-4-3-7-16-15(12)19-18-13/h3-4,7H,5-6,8H2,1-2H3,(H,17,21)(H,16,18,19). The maximum Gasteiger partial charge on any atom is 0.220 e. The second kappa shape index (κ2) is 5.97. The highest BCUT2D eigenvalue weighted by atomic mass is 16.5. The Kier molecular flexibility index (Phi) is 3.86. The van der Waals surface area contributed by atoms with Crippen LogP contribution in [-0.2, 0) is 17.8 Å². The fourth-order valence-corrected chi connectivity index (χ4v) is 2.41. The first-order valence-electron chi connectivity index (χ1n) is 7.11. The number of H-pyrrole nitrogens is 1. The number of pyridine rings is 1. The minimum atomic E-state index is -0.0216. The Bertz CT molecular complexity index is 786. The predicted molar refractivity (Wildman–Crippen MR) is 80.0 cm³/mol. The Morgan fingerprint density at radius 2 is 2.27 bits per heavy atom. The van der Waals surface area contributed by atoms with Crippen molar-refractivity contribution in [1.29, 1.82) is 0 Å². The summed E-state index contributed by atoms with van der Waals surface area (Å²) in [6, 6.07) is 3.78. The van der Waals surface area contributed by atoms with Gasteiger partial charge in [-0.05, 0) is 32.4 Å². The molecule has 3 heterocycles. The number of aromatic amines is 1. The summed E-state index contributed by atoms with van der Waals surface area (Å²) >= 11 is 0. The zero-order valence-corrected chi connectivity index (χ0v) is 12.5. The molecule has 0 bridgehead atoms. The van der Waals surface area contributed by atoms with Crippen LogP contribution in [0.15, 0.2) is 22.9 Å². The number of carbonyl (C=O) groups is 1. The molecular weight excluding hydrogens is 282 g/mol. The maximum atomic E-state index is 12.0. The smallest absolute Gasteiger partial charge is 0.220 e. The van der Waals surface area contributed by atoms with E-state index < -0.39 is 0 Å². The topological polar surface area (TPSA) is 96.7 Å². The minimum absolute atomic E-state index is 0.0216. The van der Waals surface area contributed by atoms with Crippen molar-refractivity contribution >= 4 is 16.9 Å².